The highest BCUT2D eigenvalue weighted by molar-refractivity contribution is 5.95. The third-order valence-corrected chi connectivity index (χ3v) is 7.48. The number of aryl methyl sites for hydroxylation is 1. The number of nitrogens with zero attached hydrogens (tertiary/aromatic N) is 3. The molecular weight excluding hydrogens is 430 g/mol. The molecule has 1 amide bonds. The molecule has 0 radical (unpaired) electrons. The van der Waals surface area contributed by atoms with Crippen molar-refractivity contribution in [3.05, 3.63) is 56.5 Å². The maximum absolute atomic E-state index is 13.8. The molecule has 1 atom stereocenters. The van der Waals surface area contributed by atoms with Gasteiger partial charge >= 0.3 is 0 Å². The first-order valence-electron chi connectivity index (χ1n) is 12.4. The Morgan fingerprint density at radius 3 is 2.41 bits per heavy atom. The van der Waals surface area contributed by atoms with Crippen LogP contribution in [-0.4, -0.2) is 60.2 Å². The zero-order valence-corrected chi connectivity index (χ0v) is 21.1. The predicted molar refractivity (Wildman–Crippen MR) is 133 cm³/mol. The molecule has 2 aliphatic heterocycles. The van der Waals surface area contributed by atoms with Gasteiger partial charge in [-0.05, 0) is 69.0 Å². The summed E-state index contributed by atoms with van der Waals surface area (Å²) >= 11 is 0. The number of rotatable bonds is 7. The molecule has 1 unspecified atom stereocenters. The van der Waals surface area contributed by atoms with Crippen LogP contribution in [0.4, 0.5) is 0 Å². The number of pyridine rings is 1. The highest BCUT2D eigenvalue weighted by Crippen LogP contribution is 2.33. The Morgan fingerprint density at radius 1 is 1.06 bits per heavy atom. The third kappa shape index (κ3) is 4.45. The number of likely N-dealkylation sites (N-methyl/N-ethyl adjacent to an activating group) is 1. The second kappa shape index (κ2) is 10.2. The average Bonchev–Trinajstić information content (AvgIpc) is 3.30. The van der Waals surface area contributed by atoms with Crippen LogP contribution in [0.15, 0.2) is 23.0 Å². The van der Waals surface area contributed by atoms with Crippen LogP contribution in [0.5, 0.6) is 11.5 Å². The molecule has 2 aliphatic rings. The molecule has 0 bridgehead atoms. The molecule has 2 aromatic rings. The molecule has 3 heterocycles. The van der Waals surface area contributed by atoms with Gasteiger partial charge in [-0.3, -0.25) is 14.5 Å². The fraction of sp³-hybridized carbons (Fsp3) is 0.556. The number of hydrogen-bond acceptors (Lipinski definition) is 5. The Hall–Kier alpha value is -2.80. The summed E-state index contributed by atoms with van der Waals surface area (Å²) in [4.78, 5) is 31.2. The van der Waals surface area contributed by atoms with Crippen LogP contribution < -0.4 is 14.9 Å². The minimum atomic E-state index is -0.174. The van der Waals surface area contributed by atoms with E-state index in [0.29, 0.717) is 42.6 Å². The molecule has 0 N–H and O–H groups in total. The summed E-state index contributed by atoms with van der Waals surface area (Å²) in [7, 11) is 3.24. The van der Waals surface area contributed by atoms with E-state index in [2.05, 4.69) is 16.4 Å². The van der Waals surface area contributed by atoms with Crippen molar-refractivity contribution in [2.75, 3.05) is 33.9 Å². The van der Waals surface area contributed by atoms with E-state index in [0.717, 1.165) is 55.0 Å². The summed E-state index contributed by atoms with van der Waals surface area (Å²) < 4.78 is 13.1. The first-order valence-corrected chi connectivity index (χ1v) is 12.4. The van der Waals surface area contributed by atoms with Gasteiger partial charge in [-0.15, -0.1) is 0 Å². The van der Waals surface area contributed by atoms with Gasteiger partial charge in [-0.25, -0.2) is 0 Å². The van der Waals surface area contributed by atoms with Crippen molar-refractivity contribution < 1.29 is 14.3 Å². The normalized spacial score (nSPS) is 18.1. The number of ether oxygens (including phenoxy) is 2. The van der Waals surface area contributed by atoms with E-state index >= 15 is 0 Å². The van der Waals surface area contributed by atoms with Crippen molar-refractivity contribution in [2.45, 2.75) is 65.6 Å². The first kappa shape index (κ1) is 24.3. The van der Waals surface area contributed by atoms with Gasteiger partial charge in [0.1, 0.15) is 5.56 Å². The van der Waals surface area contributed by atoms with Gasteiger partial charge in [0, 0.05) is 43.1 Å². The highest BCUT2D eigenvalue weighted by Gasteiger charge is 2.30. The van der Waals surface area contributed by atoms with E-state index < -0.39 is 0 Å². The van der Waals surface area contributed by atoms with Gasteiger partial charge in [0.25, 0.3) is 5.91 Å². The van der Waals surface area contributed by atoms with Crippen molar-refractivity contribution in [3.8, 4) is 11.5 Å². The molecule has 1 fully saturated rings. The lowest BCUT2D eigenvalue weighted by Gasteiger charge is -2.31. The molecular formula is C27H37N3O4. The molecule has 0 saturated carbocycles. The summed E-state index contributed by atoms with van der Waals surface area (Å²) in [6.07, 6.45) is 3.72. The van der Waals surface area contributed by atoms with Crippen LogP contribution >= 0.6 is 0 Å². The summed E-state index contributed by atoms with van der Waals surface area (Å²) in [6.45, 7) is 10.2. The van der Waals surface area contributed by atoms with Gasteiger partial charge in [0.05, 0.1) is 14.2 Å². The molecule has 184 valence electrons. The number of fused-ring (bicyclic) bond motifs is 1. The Balaban J connectivity index is 1.66. The van der Waals surface area contributed by atoms with Gasteiger partial charge in [-0.2, -0.15) is 0 Å². The fourth-order valence-corrected chi connectivity index (χ4v) is 5.62. The van der Waals surface area contributed by atoms with Gasteiger partial charge in [0.15, 0.2) is 16.9 Å². The molecule has 4 rings (SSSR count). The van der Waals surface area contributed by atoms with E-state index in [1.807, 2.05) is 26.0 Å². The molecule has 34 heavy (non-hydrogen) atoms. The molecule has 0 aliphatic carbocycles. The second-order valence-electron chi connectivity index (χ2n) is 9.31. The van der Waals surface area contributed by atoms with Crippen molar-refractivity contribution in [1.29, 1.82) is 0 Å². The van der Waals surface area contributed by atoms with Gasteiger partial charge < -0.3 is 18.9 Å². The molecule has 1 aromatic carbocycles. The molecule has 1 aromatic heterocycles. The summed E-state index contributed by atoms with van der Waals surface area (Å²) in [5.41, 5.74) is 4.13. The highest BCUT2D eigenvalue weighted by atomic mass is 16.5. The SMILES string of the molecule is CCc1c(C(=O)N2CCc3cc(OC)c(OC)cc3C2)c(=O)cc(C)n1CC1CCCN1CC. The van der Waals surface area contributed by atoms with Crippen LogP contribution in [0.1, 0.15) is 59.6 Å². The minimum Gasteiger partial charge on any atom is -0.493 e. The number of amides is 1. The number of benzene rings is 1. The van der Waals surface area contributed by atoms with Crippen LogP contribution in [0.3, 0.4) is 0 Å². The number of aromatic nitrogens is 1. The van der Waals surface area contributed by atoms with Crippen molar-refractivity contribution >= 4 is 5.91 Å². The Morgan fingerprint density at radius 2 is 1.76 bits per heavy atom. The first-order chi connectivity index (χ1) is 16.4. The van der Waals surface area contributed by atoms with Gasteiger partial charge in [-0.1, -0.05) is 13.8 Å². The lowest BCUT2D eigenvalue weighted by molar-refractivity contribution is 0.0730. The maximum Gasteiger partial charge on any atom is 0.259 e. The minimum absolute atomic E-state index is 0.171. The predicted octanol–water partition coefficient (Wildman–Crippen LogP) is 3.42. The zero-order valence-electron chi connectivity index (χ0n) is 21.1. The summed E-state index contributed by atoms with van der Waals surface area (Å²) in [5, 5.41) is 0. The smallest absolute Gasteiger partial charge is 0.259 e. The number of hydrogen-bond donors (Lipinski definition) is 0. The monoisotopic (exact) mass is 467 g/mol. The standard InChI is InChI=1S/C27H37N3O4/c1-6-22-26(23(31)13-18(3)30(22)17-21-9-8-11-28(21)7-2)27(32)29-12-10-19-14-24(33-4)25(34-5)15-20(19)16-29/h13-15,21H,6-12,16-17H2,1-5H3. The molecule has 0 spiro atoms. The number of carbonyl (C=O) groups is 1. The summed E-state index contributed by atoms with van der Waals surface area (Å²) in [5.74, 6) is 1.18. The lowest BCUT2D eigenvalue weighted by Crippen LogP contribution is -2.40. The fourth-order valence-electron chi connectivity index (χ4n) is 5.62. The van der Waals surface area contributed by atoms with E-state index in [1.165, 1.54) is 6.42 Å². The zero-order chi connectivity index (χ0) is 24.4. The van der Waals surface area contributed by atoms with Crippen molar-refractivity contribution in [3.63, 3.8) is 0 Å². The van der Waals surface area contributed by atoms with Crippen molar-refractivity contribution in [2.24, 2.45) is 0 Å². The van der Waals surface area contributed by atoms with Crippen LogP contribution in [0, 0.1) is 6.92 Å². The lowest BCUT2D eigenvalue weighted by atomic mass is 9.97. The molecule has 7 heteroatoms. The van der Waals surface area contributed by atoms with E-state index in [4.69, 9.17) is 9.47 Å². The van der Waals surface area contributed by atoms with Gasteiger partial charge in [0.2, 0.25) is 0 Å². The maximum atomic E-state index is 13.8. The largest absolute Gasteiger partial charge is 0.493 e. The summed E-state index contributed by atoms with van der Waals surface area (Å²) in [6, 6.07) is 6.03. The number of methoxy groups -OCH3 is 2. The number of likely N-dealkylation sites (tertiary alicyclic amines) is 1. The van der Waals surface area contributed by atoms with E-state index in [-0.39, 0.29) is 11.3 Å². The average molecular weight is 468 g/mol. The quantitative estimate of drug-likeness (QED) is 0.624. The Labute approximate surface area is 202 Å². The van der Waals surface area contributed by atoms with E-state index in [1.54, 1.807) is 25.2 Å². The molecule has 7 nitrogen and oxygen atoms in total. The van der Waals surface area contributed by atoms with E-state index in [9.17, 15) is 9.59 Å². The van der Waals surface area contributed by atoms with Crippen LogP contribution in [0.2, 0.25) is 0 Å². The van der Waals surface area contributed by atoms with Crippen LogP contribution in [0.25, 0.3) is 0 Å². The van der Waals surface area contributed by atoms with Crippen molar-refractivity contribution in [1.82, 2.24) is 14.4 Å². The second-order valence-corrected chi connectivity index (χ2v) is 9.31. The number of carbonyl (C=O) groups excluding carboxylic acids is 1. The third-order valence-electron chi connectivity index (χ3n) is 7.48. The van der Waals surface area contributed by atoms with Crippen LogP contribution in [-0.2, 0) is 25.9 Å². The topological polar surface area (TPSA) is 64.0 Å². The Bertz CT molecular complexity index is 1120. The Kier molecular flexibility index (Phi) is 7.31. The molecule has 1 saturated heterocycles.